The largest absolute Gasteiger partial charge is 0.313 e. The van der Waals surface area contributed by atoms with E-state index in [9.17, 15) is 4.21 Å². The van der Waals surface area contributed by atoms with Crippen LogP contribution >= 0.6 is 0 Å². The molecular formula is C15H23NOS. The Morgan fingerprint density at radius 2 is 2.11 bits per heavy atom. The van der Waals surface area contributed by atoms with Crippen molar-refractivity contribution in [1.82, 2.24) is 5.32 Å². The van der Waals surface area contributed by atoms with Crippen molar-refractivity contribution in [1.29, 1.82) is 0 Å². The molecule has 3 unspecified atom stereocenters. The Bertz CT molecular complexity index is 444. The second-order valence-corrected chi connectivity index (χ2v) is 6.84. The van der Waals surface area contributed by atoms with Gasteiger partial charge >= 0.3 is 0 Å². The van der Waals surface area contributed by atoms with Gasteiger partial charge in [-0.15, -0.1) is 0 Å². The van der Waals surface area contributed by atoms with Crippen molar-refractivity contribution in [3.8, 4) is 0 Å². The number of aryl methyl sites for hydroxylation is 2. The summed E-state index contributed by atoms with van der Waals surface area (Å²) in [5, 5.41) is 3.77. The van der Waals surface area contributed by atoms with E-state index in [1.807, 2.05) is 6.07 Å². The zero-order chi connectivity index (χ0) is 13.1. The second-order valence-electron chi connectivity index (χ2n) is 5.20. The lowest BCUT2D eigenvalue weighted by Gasteiger charge is -2.20. The number of hydrogen-bond donors (Lipinski definition) is 1. The Morgan fingerprint density at radius 3 is 2.78 bits per heavy atom. The fourth-order valence-corrected chi connectivity index (χ4v) is 4.68. The minimum absolute atomic E-state index is 0.284. The first-order chi connectivity index (χ1) is 8.63. The van der Waals surface area contributed by atoms with E-state index in [1.165, 1.54) is 12.0 Å². The van der Waals surface area contributed by atoms with Crippen molar-refractivity contribution in [3.63, 3.8) is 0 Å². The third kappa shape index (κ3) is 2.83. The standard InChI is InChI=1S/C15H23NOS/c1-4-16-13-6-5-7-15(13)18(17)14-9-8-11(2)10-12(14)3/h8-10,13,15-16H,4-7H2,1-3H3. The molecule has 2 nitrogen and oxygen atoms in total. The number of rotatable bonds is 4. The molecule has 1 saturated carbocycles. The molecule has 0 aromatic heterocycles. The molecule has 3 heteroatoms. The molecule has 1 aromatic carbocycles. The monoisotopic (exact) mass is 265 g/mol. The highest BCUT2D eigenvalue weighted by atomic mass is 32.2. The van der Waals surface area contributed by atoms with Crippen LogP contribution in [0.1, 0.15) is 37.3 Å². The van der Waals surface area contributed by atoms with Crippen LogP contribution in [0.15, 0.2) is 23.1 Å². The number of benzene rings is 1. The summed E-state index contributed by atoms with van der Waals surface area (Å²) in [5.41, 5.74) is 2.40. The van der Waals surface area contributed by atoms with E-state index in [1.54, 1.807) is 0 Å². The highest BCUT2D eigenvalue weighted by Crippen LogP contribution is 2.29. The lowest BCUT2D eigenvalue weighted by molar-refractivity contribution is 0.541. The summed E-state index contributed by atoms with van der Waals surface area (Å²) in [5.74, 6) is 0. The smallest absolute Gasteiger partial charge is 0.0579 e. The van der Waals surface area contributed by atoms with Gasteiger partial charge in [-0.1, -0.05) is 31.0 Å². The highest BCUT2D eigenvalue weighted by molar-refractivity contribution is 7.85. The zero-order valence-electron chi connectivity index (χ0n) is 11.5. The van der Waals surface area contributed by atoms with Crippen molar-refractivity contribution >= 4 is 10.8 Å². The molecule has 1 fully saturated rings. The van der Waals surface area contributed by atoms with Gasteiger partial charge in [0.25, 0.3) is 0 Å². The SMILES string of the molecule is CCNC1CCCC1S(=O)c1ccc(C)cc1C. The number of nitrogens with one attached hydrogen (secondary N) is 1. The Morgan fingerprint density at radius 1 is 1.33 bits per heavy atom. The zero-order valence-corrected chi connectivity index (χ0v) is 12.3. The molecule has 1 N–H and O–H groups in total. The molecule has 1 aliphatic carbocycles. The molecule has 0 heterocycles. The van der Waals surface area contributed by atoms with Gasteiger partial charge in [-0.2, -0.15) is 0 Å². The van der Waals surface area contributed by atoms with E-state index in [0.717, 1.165) is 29.8 Å². The lowest BCUT2D eigenvalue weighted by Crippen LogP contribution is -2.38. The average Bonchev–Trinajstić information content (AvgIpc) is 2.77. The van der Waals surface area contributed by atoms with Gasteiger partial charge in [0.2, 0.25) is 0 Å². The van der Waals surface area contributed by atoms with E-state index in [2.05, 4.69) is 38.2 Å². The van der Waals surface area contributed by atoms with Gasteiger partial charge in [0.1, 0.15) is 0 Å². The van der Waals surface area contributed by atoms with Crippen LogP contribution in [-0.2, 0) is 10.8 Å². The average molecular weight is 265 g/mol. The normalized spacial score (nSPS) is 25.3. The van der Waals surface area contributed by atoms with Crippen LogP contribution in [0.4, 0.5) is 0 Å². The molecular weight excluding hydrogens is 242 g/mol. The third-order valence-electron chi connectivity index (χ3n) is 3.74. The molecule has 3 atom stereocenters. The third-order valence-corrected chi connectivity index (χ3v) is 5.75. The van der Waals surface area contributed by atoms with Crippen molar-refractivity contribution < 1.29 is 4.21 Å². The summed E-state index contributed by atoms with van der Waals surface area (Å²) in [6, 6.07) is 6.67. The number of hydrogen-bond acceptors (Lipinski definition) is 2. The first kappa shape index (κ1) is 13.8. The van der Waals surface area contributed by atoms with Gasteiger partial charge in [0.15, 0.2) is 0 Å². The highest BCUT2D eigenvalue weighted by Gasteiger charge is 2.32. The molecule has 0 aliphatic heterocycles. The van der Waals surface area contributed by atoms with E-state index >= 15 is 0 Å². The molecule has 1 aromatic rings. The molecule has 0 bridgehead atoms. The second kappa shape index (κ2) is 5.98. The predicted octanol–water partition coefficient (Wildman–Crippen LogP) is 2.94. The van der Waals surface area contributed by atoms with Gasteiger partial charge in [-0.25, -0.2) is 0 Å². The fourth-order valence-electron chi connectivity index (χ4n) is 2.87. The molecule has 1 aliphatic rings. The van der Waals surface area contributed by atoms with Crippen molar-refractivity contribution in [3.05, 3.63) is 29.3 Å². The maximum absolute atomic E-state index is 12.7. The minimum Gasteiger partial charge on any atom is -0.313 e. The minimum atomic E-state index is -0.873. The van der Waals surface area contributed by atoms with Crippen LogP contribution in [0.2, 0.25) is 0 Å². The van der Waals surface area contributed by atoms with Crippen molar-refractivity contribution in [2.75, 3.05) is 6.54 Å². The quantitative estimate of drug-likeness (QED) is 0.907. The van der Waals surface area contributed by atoms with Gasteiger partial charge in [-0.05, 0) is 44.9 Å². The Kier molecular flexibility index (Phi) is 4.57. The molecule has 100 valence electrons. The van der Waals surface area contributed by atoms with E-state index < -0.39 is 10.8 Å². The van der Waals surface area contributed by atoms with Crippen molar-refractivity contribution in [2.45, 2.75) is 56.2 Å². The summed E-state index contributed by atoms with van der Waals surface area (Å²) in [7, 11) is -0.873. The van der Waals surface area contributed by atoms with Gasteiger partial charge in [0.05, 0.1) is 16.0 Å². The molecule has 0 saturated heterocycles. The maximum Gasteiger partial charge on any atom is 0.0579 e. The Hall–Kier alpha value is -0.670. The first-order valence-electron chi connectivity index (χ1n) is 6.84. The van der Waals surface area contributed by atoms with Gasteiger partial charge in [-0.3, -0.25) is 4.21 Å². The van der Waals surface area contributed by atoms with Crippen LogP contribution in [0.5, 0.6) is 0 Å². The lowest BCUT2D eigenvalue weighted by atomic mass is 10.2. The van der Waals surface area contributed by atoms with Crippen molar-refractivity contribution in [2.24, 2.45) is 0 Å². The van der Waals surface area contributed by atoms with Gasteiger partial charge in [0, 0.05) is 10.9 Å². The first-order valence-corrected chi connectivity index (χ1v) is 8.06. The Balaban J connectivity index is 2.20. The summed E-state index contributed by atoms with van der Waals surface area (Å²) in [6.07, 6.45) is 3.44. The van der Waals surface area contributed by atoms with Crippen LogP contribution in [0, 0.1) is 13.8 Å². The molecule has 0 spiro atoms. The topological polar surface area (TPSA) is 29.1 Å². The fraction of sp³-hybridized carbons (Fsp3) is 0.600. The summed E-state index contributed by atoms with van der Waals surface area (Å²) >= 11 is 0. The summed E-state index contributed by atoms with van der Waals surface area (Å²) < 4.78 is 12.7. The van der Waals surface area contributed by atoms with E-state index in [0.29, 0.717) is 6.04 Å². The van der Waals surface area contributed by atoms with Gasteiger partial charge < -0.3 is 5.32 Å². The predicted molar refractivity (Wildman–Crippen MR) is 77.4 cm³/mol. The van der Waals surface area contributed by atoms with Crippen LogP contribution < -0.4 is 5.32 Å². The van der Waals surface area contributed by atoms with Crippen LogP contribution in [0.25, 0.3) is 0 Å². The van der Waals surface area contributed by atoms with Crippen LogP contribution in [0.3, 0.4) is 0 Å². The summed E-state index contributed by atoms with van der Waals surface area (Å²) in [6.45, 7) is 7.23. The molecule has 0 amide bonds. The molecule has 0 radical (unpaired) electrons. The van der Waals surface area contributed by atoms with E-state index in [-0.39, 0.29) is 5.25 Å². The molecule has 18 heavy (non-hydrogen) atoms. The Labute approximate surface area is 113 Å². The van der Waals surface area contributed by atoms with E-state index in [4.69, 9.17) is 0 Å². The maximum atomic E-state index is 12.7. The van der Waals surface area contributed by atoms with Crippen LogP contribution in [-0.4, -0.2) is 22.0 Å². The molecule has 2 rings (SSSR count). The summed E-state index contributed by atoms with van der Waals surface area (Å²) in [4.78, 5) is 1.02.